The minimum Gasteiger partial charge on any atom is -0.466 e. The van der Waals surface area contributed by atoms with E-state index >= 15 is 0 Å². The average Bonchev–Trinajstić information content (AvgIpc) is 3.16. The first-order chi connectivity index (χ1) is 10.4. The monoisotopic (exact) mass is 308 g/mol. The van der Waals surface area contributed by atoms with Gasteiger partial charge in [0.1, 0.15) is 0 Å². The molecule has 0 aromatic carbocycles. The van der Waals surface area contributed by atoms with Crippen LogP contribution >= 0.6 is 0 Å². The Balaban J connectivity index is 2.26. The van der Waals surface area contributed by atoms with Gasteiger partial charge in [-0.05, 0) is 58.8 Å². The third kappa shape index (κ3) is 6.35. The lowest BCUT2D eigenvalue weighted by Crippen LogP contribution is -2.07. The first-order valence-electron chi connectivity index (χ1n) is 8.56. The molecule has 22 heavy (non-hydrogen) atoms. The highest BCUT2D eigenvalue weighted by atomic mass is 16.6. The van der Waals surface area contributed by atoms with E-state index in [1.54, 1.807) is 6.08 Å². The van der Waals surface area contributed by atoms with Crippen molar-refractivity contribution in [1.29, 1.82) is 0 Å². The van der Waals surface area contributed by atoms with Gasteiger partial charge in [-0.3, -0.25) is 0 Å². The number of ether oxygens (including phenoxy) is 2. The second-order valence-electron chi connectivity index (χ2n) is 6.43. The minimum atomic E-state index is -0.263. The second kappa shape index (κ2) is 9.14. The van der Waals surface area contributed by atoms with E-state index in [4.69, 9.17) is 4.74 Å². The molecule has 1 saturated heterocycles. The van der Waals surface area contributed by atoms with Gasteiger partial charge in [0.15, 0.2) is 0 Å². The van der Waals surface area contributed by atoms with Crippen LogP contribution in [0.3, 0.4) is 0 Å². The van der Waals surface area contributed by atoms with Crippen LogP contribution in [0, 0.1) is 0 Å². The Morgan fingerprint density at radius 3 is 2.59 bits per heavy atom. The van der Waals surface area contributed by atoms with Gasteiger partial charge in [0, 0.05) is 6.08 Å². The van der Waals surface area contributed by atoms with Gasteiger partial charge in [-0.15, -0.1) is 0 Å². The van der Waals surface area contributed by atoms with Gasteiger partial charge in [-0.2, -0.15) is 0 Å². The molecule has 0 amide bonds. The van der Waals surface area contributed by atoms with Crippen molar-refractivity contribution < 1.29 is 14.3 Å². The van der Waals surface area contributed by atoms with Gasteiger partial charge in [-0.25, -0.2) is 4.79 Å². The van der Waals surface area contributed by atoms with E-state index in [1.165, 1.54) is 25.5 Å². The summed E-state index contributed by atoms with van der Waals surface area (Å²) in [6, 6.07) is 0. The molecule has 126 valence electrons. The van der Waals surface area contributed by atoms with Crippen LogP contribution in [0.5, 0.6) is 0 Å². The number of carbonyl (C=O) groups excluding carboxylic acids is 1. The van der Waals surface area contributed by atoms with Crippen molar-refractivity contribution in [3.63, 3.8) is 0 Å². The van der Waals surface area contributed by atoms with Gasteiger partial charge >= 0.3 is 5.97 Å². The van der Waals surface area contributed by atoms with E-state index in [2.05, 4.69) is 31.6 Å². The van der Waals surface area contributed by atoms with E-state index in [-0.39, 0.29) is 11.6 Å². The SMILES string of the molecule is CCC(=CCCC(C)=CC(=O)OC)CCCC1OC1(C)CC. The van der Waals surface area contributed by atoms with E-state index in [0.717, 1.165) is 37.7 Å². The fourth-order valence-corrected chi connectivity index (χ4v) is 2.74. The zero-order valence-corrected chi connectivity index (χ0v) is 14.9. The molecule has 1 aliphatic heterocycles. The molecule has 1 aliphatic rings. The fraction of sp³-hybridized carbons (Fsp3) is 0.737. The maximum absolute atomic E-state index is 11.1. The quantitative estimate of drug-likeness (QED) is 0.248. The topological polar surface area (TPSA) is 38.8 Å². The summed E-state index contributed by atoms with van der Waals surface area (Å²) in [5.74, 6) is -0.263. The van der Waals surface area contributed by atoms with Crippen LogP contribution in [0.4, 0.5) is 0 Å². The lowest BCUT2D eigenvalue weighted by molar-refractivity contribution is -0.134. The zero-order valence-electron chi connectivity index (χ0n) is 14.9. The summed E-state index contributed by atoms with van der Waals surface area (Å²) in [6.07, 6.45) is 12.1. The van der Waals surface area contributed by atoms with Crippen LogP contribution in [0.15, 0.2) is 23.3 Å². The maximum Gasteiger partial charge on any atom is 0.330 e. The largest absolute Gasteiger partial charge is 0.466 e. The highest BCUT2D eigenvalue weighted by Crippen LogP contribution is 2.42. The fourth-order valence-electron chi connectivity index (χ4n) is 2.74. The van der Waals surface area contributed by atoms with Gasteiger partial charge in [0.25, 0.3) is 0 Å². The van der Waals surface area contributed by atoms with Crippen molar-refractivity contribution in [2.75, 3.05) is 7.11 Å². The molecule has 0 bridgehead atoms. The molecule has 1 rings (SSSR count). The van der Waals surface area contributed by atoms with Gasteiger partial charge < -0.3 is 9.47 Å². The average molecular weight is 308 g/mol. The first kappa shape index (κ1) is 19.0. The van der Waals surface area contributed by atoms with Crippen LogP contribution in [-0.2, 0) is 14.3 Å². The normalized spacial score (nSPS) is 25.2. The Morgan fingerprint density at radius 1 is 1.32 bits per heavy atom. The molecule has 1 fully saturated rings. The Kier molecular flexibility index (Phi) is 7.88. The van der Waals surface area contributed by atoms with E-state index < -0.39 is 0 Å². The molecule has 2 atom stereocenters. The van der Waals surface area contributed by atoms with Crippen molar-refractivity contribution in [1.82, 2.24) is 0 Å². The van der Waals surface area contributed by atoms with E-state index in [9.17, 15) is 4.79 Å². The molecule has 0 saturated carbocycles. The predicted octanol–water partition coefficient (Wildman–Crippen LogP) is 4.96. The Hall–Kier alpha value is -1.09. The lowest BCUT2D eigenvalue weighted by Gasteiger charge is -2.06. The Labute approximate surface area is 135 Å². The molecule has 0 spiro atoms. The summed E-state index contributed by atoms with van der Waals surface area (Å²) < 4.78 is 10.4. The Bertz CT molecular complexity index is 422. The molecule has 0 radical (unpaired) electrons. The van der Waals surface area contributed by atoms with Crippen LogP contribution < -0.4 is 0 Å². The molecule has 3 nitrogen and oxygen atoms in total. The van der Waals surface area contributed by atoms with Crippen molar-refractivity contribution >= 4 is 5.97 Å². The van der Waals surface area contributed by atoms with Crippen LogP contribution in [0.2, 0.25) is 0 Å². The number of carbonyl (C=O) groups is 1. The molecule has 0 aromatic heterocycles. The number of esters is 1. The van der Waals surface area contributed by atoms with Crippen LogP contribution in [-0.4, -0.2) is 24.8 Å². The van der Waals surface area contributed by atoms with Crippen LogP contribution in [0.1, 0.15) is 72.6 Å². The standard InChI is InChI=1S/C19H32O3/c1-6-16(11-8-10-15(3)14-18(20)21-5)12-9-13-17-19(4,7-2)22-17/h11,14,17H,6-10,12-13H2,1-5H3. The summed E-state index contributed by atoms with van der Waals surface area (Å²) in [6.45, 7) is 8.60. The lowest BCUT2D eigenvalue weighted by atomic mass is 9.98. The van der Waals surface area contributed by atoms with Crippen LogP contribution in [0.25, 0.3) is 0 Å². The molecule has 1 heterocycles. The van der Waals surface area contributed by atoms with Gasteiger partial charge in [0.2, 0.25) is 0 Å². The van der Waals surface area contributed by atoms with Crippen molar-refractivity contribution in [3.8, 4) is 0 Å². The molecule has 0 aliphatic carbocycles. The van der Waals surface area contributed by atoms with Crippen molar-refractivity contribution in [2.45, 2.75) is 84.3 Å². The highest BCUT2D eigenvalue weighted by Gasteiger charge is 2.49. The van der Waals surface area contributed by atoms with Gasteiger partial charge in [0.05, 0.1) is 18.8 Å². The highest BCUT2D eigenvalue weighted by molar-refractivity contribution is 5.82. The molecule has 0 N–H and O–H groups in total. The predicted molar refractivity (Wildman–Crippen MR) is 90.8 cm³/mol. The first-order valence-corrected chi connectivity index (χ1v) is 8.56. The van der Waals surface area contributed by atoms with Crippen molar-refractivity contribution in [3.05, 3.63) is 23.3 Å². The summed E-state index contributed by atoms with van der Waals surface area (Å²) in [7, 11) is 1.41. The summed E-state index contributed by atoms with van der Waals surface area (Å²) in [4.78, 5) is 11.1. The molecule has 2 unspecified atom stereocenters. The number of epoxide rings is 1. The maximum atomic E-state index is 11.1. The number of rotatable bonds is 10. The van der Waals surface area contributed by atoms with E-state index in [0.29, 0.717) is 6.10 Å². The number of methoxy groups -OCH3 is 1. The molecular weight excluding hydrogens is 276 g/mol. The van der Waals surface area contributed by atoms with Crippen molar-refractivity contribution in [2.24, 2.45) is 0 Å². The summed E-state index contributed by atoms with van der Waals surface area (Å²) in [5, 5.41) is 0. The third-order valence-electron chi connectivity index (χ3n) is 4.69. The minimum absolute atomic E-state index is 0.159. The molecule has 3 heteroatoms. The van der Waals surface area contributed by atoms with E-state index in [1.807, 2.05) is 6.92 Å². The number of hydrogen-bond acceptors (Lipinski definition) is 3. The Morgan fingerprint density at radius 2 is 2.05 bits per heavy atom. The molecule has 0 aromatic rings. The number of hydrogen-bond donors (Lipinski definition) is 0. The molecular formula is C19H32O3. The third-order valence-corrected chi connectivity index (χ3v) is 4.69. The number of allylic oxidation sites excluding steroid dienone is 3. The van der Waals surface area contributed by atoms with Gasteiger partial charge in [-0.1, -0.05) is 31.1 Å². The summed E-state index contributed by atoms with van der Waals surface area (Å²) in [5.41, 5.74) is 2.75. The summed E-state index contributed by atoms with van der Waals surface area (Å²) >= 11 is 0. The second-order valence-corrected chi connectivity index (χ2v) is 6.43. The zero-order chi connectivity index (χ0) is 16.6. The smallest absolute Gasteiger partial charge is 0.330 e.